The summed E-state index contributed by atoms with van der Waals surface area (Å²) in [6.07, 6.45) is 2.04. The fraction of sp³-hybridized carbons (Fsp3) is 0.500. The Morgan fingerprint density at radius 1 is 1.04 bits per heavy atom. The number of benzene rings is 1. The van der Waals surface area contributed by atoms with E-state index in [0.717, 1.165) is 17.7 Å². The van der Waals surface area contributed by atoms with Crippen LogP contribution in [-0.2, 0) is 9.59 Å². The predicted molar refractivity (Wildman–Crippen MR) is 93.1 cm³/mol. The van der Waals surface area contributed by atoms with Gasteiger partial charge < -0.3 is 9.80 Å². The Morgan fingerprint density at radius 3 is 2.17 bits per heavy atom. The lowest BCUT2D eigenvalue weighted by Gasteiger charge is -2.35. The highest BCUT2D eigenvalue weighted by atomic mass is 35.5. The van der Waals surface area contributed by atoms with Gasteiger partial charge >= 0.3 is 0 Å². The van der Waals surface area contributed by atoms with Gasteiger partial charge in [-0.3, -0.25) is 9.59 Å². The summed E-state index contributed by atoms with van der Waals surface area (Å²) in [5.74, 6) is 0.869. The average Bonchev–Trinajstić information content (AvgIpc) is 3.38. The zero-order valence-corrected chi connectivity index (χ0v) is 15.0. The molecule has 23 heavy (non-hydrogen) atoms. The van der Waals surface area contributed by atoms with Crippen LogP contribution in [0.25, 0.3) is 0 Å². The smallest absolute Gasteiger partial charge is 0.233 e. The van der Waals surface area contributed by atoms with Gasteiger partial charge in [0.1, 0.15) is 0 Å². The summed E-state index contributed by atoms with van der Waals surface area (Å²) in [6, 6.07) is 5.32. The van der Waals surface area contributed by atoms with E-state index in [0.29, 0.717) is 42.0 Å². The van der Waals surface area contributed by atoms with Crippen molar-refractivity contribution in [2.75, 3.05) is 31.9 Å². The van der Waals surface area contributed by atoms with E-state index in [1.54, 1.807) is 18.2 Å². The molecule has 0 spiro atoms. The van der Waals surface area contributed by atoms with Crippen molar-refractivity contribution in [1.29, 1.82) is 0 Å². The van der Waals surface area contributed by atoms with Gasteiger partial charge in [-0.2, -0.15) is 0 Å². The number of rotatable bonds is 4. The van der Waals surface area contributed by atoms with E-state index < -0.39 is 0 Å². The third-order valence-corrected chi connectivity index (χ3v) is 6.10. The van der Waals surface area contributed by atoms with Crippen LogP contribution in [0.1, 0.15) is 12.8 Å². The van der Waals surface area contributed by atoms with Gasteiger partial charge in [-0.15, -0.1) is 11.8 Å². The molecule has 0 unspecified atom stereocenters. The fourth-order valence-electron chi connectivity index (χ4n) is 2.61. The van der Waals surface area contributed by atoms with Crippen LogP contribution in [0.4, 0.5) is 0 Å². The van der Waals surface area contributed by atoms with E-state index in [1.165, 1.54) is 11.8 Å². The Hall–Kier alpha value is -0.910. The predicted octanol–water partition coefficient (Wildman–Crippen LogP) is 3.17. The lowest BCUT2D eigenvalue weighted by Crippen LogP contribution is -2.51. The molecule has 2 amide bonds. The van der Waals surface area contributed by atoms with Gasteiger partial charge in [-0.25, -0.2) is 0 Å². The molecule has 1 saturated heterocycles. The molecule has 7 heteroatoms. The van der Waals surface area contributed by atoms with Gasteiger partial charge in [0, 0.05) is 37.0 Å². The molecular weight excluding hydrogens is 355 g/mol. The molecule has 0 atom stereocenters. The summed E-state index contributed by atoms with van der Waals surface area (Å²) in [5, 5.41) is 1.13. The molecule has 1 aliphatic heterocycles. The van der Waals surface area contributed by atoms with Gasteiger partial charge in [0.15, 0.2) is 0 Å². The summed E-state index contributed by atoms with van der Waals surface area (Å²) >= 11 is 13.6. The number of thioether (sulfide) groups is 1. The Balaban J connectivity index is 1.49. The van der Waals surface area contributed by atoms with E-state index in [1.807, 2.05) is 9.80 Å². The largest absolute Gasteiger partial charge is 0.339 e. The molecule has 2 aliphatic rings. The van der Waals surface area contributed by atoms with Crippen LogP contribution < -0.4 is 0 Å². The molecule has 4 nitrogen and oxygen atoms in total. The number of piperazine rings is 1. The SMILES string of the molecule is O=C(CSc1c(Cl)cccc1Cl)N1CCN(C(=O)C2CC2)CC1. The summed E-state index contributed by atoms with van der Waals surface area (Å²) in [4.78, 5) is 28.8. The molecule has 1 heterocycles. The lowest BCUT2D eigenvalue weighted by atomic mass is 10.2. The molecule has 1 saturated carbocycles. The third kappa shape index (κ3) is 4.14. The van der Waals surface area contributed by atoms with Crippen LogP contribution in [0.5, 0.6) is 0 Å². The monoisotopic (exact) mass is 372 g/mol. The van der Waals surface area contributed by atoms with Gasteiger partial charge in [0.05, 0.1) is 15.8 Å². The summed E-state index contributed by atoms with van der Waals surface area (Å²) in [5.41, 5.74) is 0. The van der Waals surface area contributed by atoms with Crippen molar-refractivity contribution in [3.63, 3.8) is 0 Å². The zero-order valence-electron chi connectivity index (χ0n) is 12.6. The first-order valence-electron chi connectivity index (χ1n) is 7.69. The average molecular weight is 373 g/mol. The Bertz CT molecular complexity index is 594. The van der Waals surface area contributed by atoms with Crippen LogP contribution in [0.3, 0.4) is 0 Å². The van der Waals surface area contributed by atoms with E-state index in [2.05, 4.69) is 0 Å². The van der Waals surface area contributed by atoms with Crippen LogP contribution in [0, 0.1) is 5.92 Å². The van der Waals surface area contributed by atoms with Crippen molar-refractivity contribution in [1.82, 2.24) is 9.80 Å². The maximum Gasteiger partial charge on any atom is 0.233 e. The van der Waals surface area contributed by atoms with Crippen LogP contribution >= 0.6 is 35.0 Å². The molecule has 0 N–H and O–H groups in total. The van der Waals surface area contributed by atoms with Gasteiger partial charge in [0.2, 0.25) is 11.8 Å². The van der Waals surface area contributed by atoms with E-state index in [-0.39, 0.29) is 17.7 Å². The molecule has 1 aromatic rings. The van der Waals surface area contributed by atoms with Crippen LogP contribution in [0.2, 0.25) is 10.0 Å². The second-order valence-corrected chi connectivity index (χ2v) is 7.62. The van der Waals surface area contributed by atoms with Gasteiger partial charge in [0.25, 0.3) is 0 Å². The maximum atomic E-state index is 12.3. The first-order valence-corrected chi connectivity index (χ1v) is 9.44. The number of hydrogen-bond acceptors (Lipinski definition) is 3. The van der Waals surface area contributed by atoms with Crippen molar-refractivity contribution in [3.05, 3.63) is 28.2 Å². The van der Waals surface area contributed by atoms with E-state index >= 15 is 0 Å². The molecule has 0 bridgehead atoms. The Kier molecular flexibility index (Phi) is 5.39. The number of carbonyl (C=O) groups excluding carboxylic acids is 2. The molecule has 1 aromatic carbocycles. The maximum absolute atomic E-state index is 12.3. The minimum atomic E-state index is 0.0597. The Morgan fingerprint density at radius 2 is 1.61 bits per heavy atom. The quantitative estimate of drug-likeness (QED) is 0.762. The second kappa shape index (κ2) is 7.32. The van der Waals surface area contributed by atoms with Crippen molar-refractivity contribution in [2.45, 2.75) is 17.7 Å². The highest BCUT2D eigenvalue weighted by Crippen LogP contribution is 2.34. The van der Waals surface area contributed by atoms with Crippen molar-refractivity contribution in [2.24, 2.45) is 5.92 Å². The number of halogens is 2. The van der Waals surface area contributed by atoms with Gasteiger partial charge in [-0.05, 0) is 25.0 Å². The highest BCUT2D eigenvalue weighted by Gasteiger charge is 2.35. The van der Waals surface area contributed by atoms with Crippen molar-refractivity contribution >= 4 is 46.8 Å². The molecule has 2 fully saturated rings. The topological polar surface area (TPSA) is 40.6 Å². The minimum absolute atomic E-state index is 0.0597. The first-order chi connectivity index (χ1) is 11.1. The number of carbonyl (C=O) groups is 2. The molecular formula is C16H18Cl2N2O2S. The summed E-state index contributed by atoms with van der Waals surface area (Å²) in [7, 11) is 0. The van der Waals surface area contributed by atoms with Gasteiger partial charge in [-0.1, -0.05) is 29.3 Å². The van der Waals surface area contributed by atoms with E-state index in [4.69, 9.17) is 23.2 Å². The van der Waals surface area contributed by atoms with Crippen molar-refractivity contribution in [3.8, 4) is 0 Å². The van der Waals surface area contributed by atoms with Crippen molar-refractivity contribution < 1.29 is 9.59 Å². The summed E-state index contributed by atoms with van der Waals surface area (Å²) < 4.78 is 0. The lowest BCUT2D eigenvalue weighted by molar-refractivity contribution is -0.139. The first kappa shape index (κ1) is 16.9. The molecule has 124 valence electrons. The third-order valence-electron chi connectivity index (χ3n) is 4.13. The molecule has 0 aromatic heterocycles. The highest BCUT2D eigenvalue weighted by molar-refractivity contribution is 8.00. The standard InChI is InChI=1S/C16H18Cl2N2O2S/c17-12-2-1-3-13(18)15(12)23-10-14(21)19-6-8-20(9-7-19)16(22)11-4-5-11/h1-3,11H,4-10H2. The molecule has 1 aliphatic carbocycles. The number of amides is 2. The molecule has 3 rings (SSSR count). The number of nitrogens with zero attached hydrogens (tertiary/aromatic N) is 2. The number of hydrogen-bond donors (Lipinski definition) is 0. The van der Waals surface area contributed by atoms with Crippen LogP contribution in [0.15, 0.2) is 23.1 Å². The van der Waals surface area contributed by atoms with Crippen LogP contribution in [-0.4, -0.2) is 53.5 Å². The minimum Gasteiger partial charge on any atom is -0.339 e. The summed E-state index contributed by atoms with van der Waals surface area (Å²) in [6.45, 7) is 2.49. The second-order valence-electron chi connectivity index (χ2n) is 5.82. The fourth-order valence-corrected chi connectivity index (χ4v) is 4.20. The normalized spacial score (nSPS) is 18.2. The van der Waals surface area contributed by atoms with E-state index in [9.17, 15) is 9.59 Å². The molecule has 0 radical (unpaired) electrons. The Labute approximate surface area is 150 Å². The zero-order chi connectivity index (χ0) is 16.4.